The molecule has 0 bridgehead atoms. The molecule has 0 aliphatic rings. The molecule has 0 aliphatic heterocycles. The second-order valence-electron chi connectivity index (χ2n) is 6.71. The second kappa shape index (κ2) is 8.80. The molecule has 0 saturated heterocycles. The molecule has 3 aromatic rings. The zero-order valence-corrected chi connectivity index (χ0v) is 17.3. The number of pyridine rings is 1. The van der Waals surface area contributed by atoms with Crippen molar-refractivity contribution in [3.63, 3.8) is 0 Å². The van der Waals surface area contributed by atoms with E-state index in [0.29, 0.717) is 27.8 Å². The van der Waals surface area contributed by atoms with Gasteiger partial charge in [0.25, 0.3) is 0 Å². The summed E-state index contributed by atoms with van der Waals surface area (Å²) >= 11 is 12.2. The fourth-order valence-electron chi connectivity index (χ4n) is 3.10. The van der Waals surface area contributed by atoms with Gasteiger partial charge in [-0.1, -0.05) is 43.0 Å². The molecule has 0 aliphatic carbocycles. The van der Waals surface area contributed by atoms with Crippen LogP contribution in [-0.2, 0) is 18.4 Å². The van der Waals surface area contributed by atoms with E-state index in [0.717, 1.165) is 30.4 Å². The van der Waals surface area contributed by atoms with Gasteiger partial charge in [0.2, 0.25) is 5.91 Å². The van der Waals surface area contributed by atoms with Gasteiger partial charge in [-0.05, 0) is 36.2 Å². The van der Waals surface area contributed by atoms with Crippen LogP contribution in [0.1, 0.15) is 26.2 Å². The maximum atomic E-state index is 12.6. The zero-order chi connectivity index (χ0) is 20.3. The van der Waals surface area contributed by atoms with E-state index in [1.165, 1.54) is 9.13 Å². The number of fused-ring (bicyclic) bond motifs is 1. The van der Waals surface area contributed by atoms with E-state index in [1.807, 2.05) is 6.07 Å². The Morgan fingerprint density at radius 2 is 1.82 bits per heavy atom. The monoisotopic (exact) mass is 420 g/mol. The first-order valence-corrected chi connectivity index (χ1v) is 9.94. The Kier molecular flexibility index (Phi) is 6.42. The molecule has 0 spiro atoms. The minimum Gasteiger partial charge on any atom is -0.355 e. The van der Waals surface area contributed by atoms with Gasteiger partial charge in [-0.25, -0.2) is 9.78 Å². The lowest BCUT2D eigenvalue weighted by atomic mass is 10.1. The number of aromatic nitrogens is 3. The zero-order valence-electron chi connectivity index (χ0n) is 15.8. The summed E-state index contributed by atoms with van der Waals surface area (Å²) in [5, 5.41) is 3.90. The fraction of sp³-hybridized carbons (Fsp3) is 0.350. The van der Waals surface area contributed by atoms with Gasteiger partial charge in [-0.15, -0.1) is 0 Å². The third-order valence-corrected chi connectivity index (χ3v) is 5.02. The number of amides is 1. The Bertz CT molecular complexity index is 1050. The highest BCUT2D eigenvalue weighted by Crippen LogP contribution is 2.28. The van der Waals surface area contributed by atoms with Crippen LogP contribution in [-0.4, -0.2) is 26.6 Å². The summed E-state index contributed by atoms with van der Waals surface area (Å²) < 4.78 is 2.88. The van der Waals surface area contributed by atoms with Crippen molar-refractivity contribution in [3.05, 3.63) is 51.0 Å². The molecule has 1 aromatic carbocycles. The molecule has 6 nitrogen and oxygen atoms in total. The average Bonchev–Trinajstić information content (AvgIpc) is 2.89. The van der Waals surface area contributed by atoms with Crippen LogP contribution in [0.2, 0.25) is 10.0 Å². The number of nitrogens with zero attached hydrogens (tertiary/aromatic N) is 3. The number of carbonyl (C=O) groups excluding carboxylic acids is 1. The summed E-state index contributed by atoms with van der Waals surface area (Å²) in [6.07, 6.45) is 4.73. The number of carbonyl (C=O) groups is 1. The number of nitrogens with one attached hydrogen (secondary N) is 1. The minimum atomic E-state index is -0.285. The van der Waals surface area contributed by atoms with Crippen molar-refractivity contribution >= 4 is 40.3 Å². The quantitative estimate of drug-likeness (QED) is 0.586. The number of halogens is 2. The van der Waals surface area contributed by atoms with Gasteiger partial charge in [0.1, 0.15) is 6.54 Å². The minimum absolute atomic E-state index is 0.0579. The number of imidazole rings is 1. The topological polar surface area (TPSA) is 68.9 Å². The van der Waals surface area contributed by atoms with Crippen molar-refractivity contribution in [2.75, 3.05) is 6.54 Å². The molecule has 148 valence electrons. The molecule has 1 amide bonds. The Morgan fingerprint density at radius 3 is 2.50 bits per heavy atom. The normalized spacial score (nSPS) is 11.1. The smallest absolute Gasteiger partial charge is 0.330 e. The highest BCUT2D eigenvalue weighted by atomic mass is 35.5. The van der Waals surface area contributed by atoms with Gasteiger partial charge in [0.15, 0.2) is 5.65 Å². The molecule has 8 heteroatoms. The first-order valence-electron chi connectivity index (χ1n) is 9.19. The van der Waals surface area contributed by atoms with E-state index in [4.69, 9.17) is 23.2 Å². The maximum absolute atomic E-state index is 12.6. The molecular weight excluding hydrogens is 399 g/mol. The number of hydrogen-bond donors (Lipinski definition) is 1. The van der Waals surface area contributed by atoms with Crippen molar-refractivity contribution in [2.45, 2.75) is 32.7 Å². The van der Waals surface area contributed by atoms with E-state index in [-0.39, 0.29) is 18.1 Å². The van der Waals surface area contributed by atoms with Crippen molar-refractivity contribution in [1.29, 1.82) is 0 Å². The highest BCUT2D eigenvalue weighted by Gasteiger charge is 2.16. The maximum Gasteiger partial charge on any atom is 0.330 e. The van der Waals surface area contributed by atoms with E-state index in [9.17, 15) is 9.59 Å². The van der Waals surface area contributed by atoms with Gasteiger partial charge >= 0.3 is 5.69 Å². The summed E-state index contributed by atoms with van der Waals surface area (Å²) in [5.74, 6) is -0.196. The predicted octanol–water partition coefficient (Wildman–Crippen LogP) is 4.02. The van der Waals surface area contributed by atoms with E-state index in [2.05, 4.69) is 17.2 Å². The van der Waals surface area contributed by atoms with Crippen LogP contribution >= 0.6 is 23.2 Å². The van der Waals surface area contributed by atoms with Crippen LogP contribution in [0.15, 0.2) is 35.3 Å². The summed E-state index contributed by atoms with van der Waals surface area (Å²) in [5.41, 5.74) is 2.41. The summed E-state index contributed by atoms with van der Waals surface area (Å²) in [6, 6.07) is 7.08. The highest BCUT2D eigenvalue weighted by molar-refractivity contribution is 6.35. The van der Waals surface area contributed by atoms with Crippen LogP contribution < -0.4 is 11.0 Å². The van der Waals surface area contributed by atoms with Crippen molar-refractivity contribution in [3.8, 4) is 11.1 Å². The van der Waals surface area contributed by atoms with Crippen LogP contribution in [0.5, 0.6) is 0 Å². The molecule has 0 atom stereocenters. The largest absolute Gasteiger partial charge is 0.355 e. The third-order valence-electron chi connectivity index (χ3n) is 4.58. The Morgan fingerprint density at radius 1 is 1.11 bits per heavy atom. The fourth-order valence-corrected chi connectivity index (χ4v) is 3.62. The Labute approximate surface area is 173 Å². The standard InChI is InChI=1S/C20H22Cl2N4O2/c1-3-4-5-6-23-18(27)12-26-19-17(25(2)20(26)28)9-14(11-24-19)13-7-15(21)10-16(22)8-13/h7-11H,3-6,12H2,1-2H3,(H,23,27). The van der Waals surface area contributed by atoms with Crippen LogP contribution in [0.4, 0.5) is 0 Å². The molecule has 0 unspecified atom stereocenters. The average molecular weight is 421 g/mol. The van der Waals surface area contributed by atoms with E-state index in [1.54, 1.807) is 31.4 Å². The van der Waals surface area contributed by atoms with Crippen LogP contribution in [0.3, 0.4) is 0 Å². The summed E-state index contributed by atoms with van der Waals surface area (Å²) in [7, 11) is 1.66. The molecule has 0 fully saturated rings. The number of rotatable bonds is 7. The molecule has 3 rings (SSSR count). The Hall–Kier alpha value is -2.31. The SMILES string of the molecule is CCCCCNC(=O)Cn1c(=O)n(C)c2cc(-c3cc(Cl)cc(Cl)c3)cnc21. The van der Waals surface area contributed by atoms with Gasteiger partial charge in [-0.3, -0.25) is 13.9 Å². The molecular formula is C20H22Cl2N4O2. The summed E-state index contributed by atoms with van der Waals surface area (Å²) in [6.45, 7) is 2.66. The van der Waals surface area contributed by atoms with Gasteiger partial charge < -0.3 is 5.32 Å². The van der Waals surface area contributed by atoms with Crippen molar-refractivity contribution in [1.82, 2.24) is 19.4 Å². The lowest BCUT2D eigenvalue weighted by Crippen LogP contribution is -2.33. The second-order valence-corrected chi connectivity index (χ2v) is 7.58. The first-order chi connectivity index (χ1) is 13.4. The van der Waals surface area contributed by atoms with Crippen molar-refractivity contribution in [2.24, 2.45) is 7.05 Å². The number of hydrogen-bond acceptors (Lipinski definition) is 3. The lowest BCUT2D eigenvalue weighted by molar-refractivity contribution is -0.121. The van der Waals surface area contributed by atoms with Crippen LogP contribution in [0.25, 0.3) is 22.3 Å². The first kappa shape index (κ1) is 20.4. The Balaban J connectivity index is 1.91. The molecule has 1 N–H and O–H groups in total. The molecule has 2 heterocycles. The predicted molar refractivity (Wildman–Crippen MR) is 113 cm³/mol. The molecule has 0 radical (unpaired) electrons. The van der Waals surface area contributed by atoms with Gasteiger partial charge in [0.05, 0.1) is 5.52 Å². The number of unbranched alkanes of at least 4 members (excludes halogenated alkanes) is 2. The molecule has 28 heavy (non-hydrogen) atoms. The van der Waals surface area contributed by atoms with E-state index >= 15 is 0 Å². The van der Waals surface area contributed by atoms with Gasteiger partial charge in [0, 0.05) is 35.4 Å². The van der Waals surface area contributed by atoms with Crippen LogP contribution in [0, 0.1) is 0 Å². The molecule has 2 aromatic heterocycles. The van der Waals surface area contributed by atoms with Crippen molar-refractivity contribution < 1.29 is 4.79 Å². The summed E-state index contributed by atoms with van der Waals surface area (Å²) in [4.78, 5) is 29.3. The third kappa shape index (κ3) is 4.39. The molecule has 0 saturated carbocycles. The lowest BCUT2D eigenvalue weighted by Gasteiger charge is -2.06. The number of benzene rings is 1. The number of aryl methyl sites for hydroxylation is 1. The van der Waals surface area contributed by atoms with Gasteiger partial charge in [-0.2, -0.15) is 0 Å². The van der Waals surface area contributed by atoms with E-state index < -0.39 is 0 Å².